The molecule has 0 atom stereocenters. The van der Waals surface area contributed by atoms with Crippen molar-refractivity contribution in [3.63, 3.8) is 0 Å². The van der Waals surface area contributed by atoms with E-state index in [1.165, 1.54) is 25.1 Å². The second kappa shape index (κ2) is 10.5. The molecule has 0 aliphatic carbocycles. The summed E-state index contributed by atoms with van der Waals surface area (Å²) in [6, 6.07) is 16.5. The highest BCUT2D eigenvalue weighted by molar-refractivity contribution is 5.90. The lowest BCUT2D eigenvalue weighted by Crippen LogP contribution is -2.38. The molecule has 7 heteroatoms. The molecule has 0 bridgehead atoms. The van der Waals surface area contributed by atoms with Crippen LogP contribution in [-0.4, -0.2) is 49.9 Å². The molecule has 0 saturated heterocycles. The van der Waals surface area contributed by atoms with Crippen LogP contribution in [0.2, 0.25) is 0 Å². The Bertz CT molecular complexity index is 849. The molecule has 146 valence electrons. The molecule has 0 heterocycles. The molecule has 0 unspecified atom stereocenters. The molecule has 0 aliphatic rings. The number of carbonyl (C=O) groups excluding carboxylic acids is 3. The Kier molecular flexibility index (Phi) is 7.77. The first-order chi connectivity index (χ1) is 13.5. The topological polar surface area (TPSA) is 84.9 Å². The number of hydrogen-bond acceptors (Lipinski definition) is 5. The van der Waals surface area contributed by atoms with Crippen LogP contribution in [0.4, 0.5) is 0 Å². The molecule has 28 heavy (non-hydrogen) atoms. The zero-order valence-electron chi connectivity index (χ0n) is 15.8. The van der Waals surface area contributed by atoms with Crippen LogP contribution in [0.15, 0.2) is 60.7 Å². The minimum absolute atomic E-state index is 0.100. The summed E-state index contributed by atoms with van der Waals surface area (Å²) in [5.41, 5.74) is 0.744. The Morgan fingerprint density at radius 3 is 2.46 bits per heavy atom. The van der Waals surface area contributed by atoms with Gasteiger partial charge in [0.15, 0.2) is 6.61 Å². The standard InChI is InChI=1S/C21H22N2O5/c1-22-19(24)14-23(2)20(25)15-27-21(26)12-11-16-7-6-10-18(13-16)28-17-8-4-3-5-9-17/h3-13H,14-15H2,1-2H3,(H,22,24)/b12-11+. The van der Waals surface area contributed by atoms with Crippen molar-refractivity contribution in [2.45, 2.75) is 0 Å². The quantitative estimate of drug-likeness (QED) is 0.559. The summed E-state index contributed by atoms with van der Waals surface area (Å²) in [5, 5.41) is 2.41. The Morgan fingerprint density at radius 2 is 1.75 bits per heavy atom. The van der Waals surface area contributed by atoms with Crippen molar-refractivity contribution in [1.82, 2.24) is 10.2 Å². The molecular formula is C21H22N2O5. The van der Waals surface area contributed by atoms with Gasteiger partial charge in [0.05, 0.1) is 6.54 Å². The van der Waals surface area contributed by atoms with Crippen LogP contribution >= 0.6 is 0 Å². The van der Waals surface area contributed by atoms with Gasteiger partial charge in [-0.15, -0.1) is 0 Å². The minimum Gasteiger partial charge on any atom is -0.457 e. The van der Waals surface area contributed by atoms with Crippen molar-refractivity contribution in [1.29, 1.82) is 0 Å². The fourth-order valence-corrected chi connectivity index (χ4v) is 2.14. The molecule has 1 N–H and O–H groups in total. The summed E-state index contributed by atoms with van der Waals surface area (Å²) in [6.07, 6.45) is 2.80. The van der Waals surface area contributed by atoms with Gasteiger partial charge in [-0.05, 0) is 35.9 Å². The van der Waals surface area contributed by atoms with Crippen molar-refractivity contribution in [3.8, 4) is 11.5 Å². The van der Waals surface area contributed by atoms with Gasteiger partial charge in [0.1, 0.15) is 11.5 Å². The number of ether oxygens (including phenoxy) is 2. The number of esters is 1. The molecule has 2 amide bonds. The van der Waals surface area contributed by atoms with E-state index in [0.717, 1.165) is 5.56 Å². The first-order valence-electron chi connectivity index (χ1n) is 8.60. The maximum atomic E-state index is 11.8. The molecule has 0 spiro atoms. The molecular weight excluding hydrogens is 360 g/mol. The summed E-state index contributed by atoms with van der Waals surface area (Å²) >= 11 is 0. The Morgan fingerprint density at radius 1 is 1.04 bits per heavy atom. The van der Waals surface area contributed by atoms with E-state index in [-0.39, 0.29) is 12.5 Å². The number of carbonyl (C=O) groups is 3. The van der Waals surface area contributed by atoms with E-state index in [1.807, 2.05) is 42.5 Å². The van der Waals surface area contributed by atoms with Gasteiger partial charge in [-0.3, -0.25) is 9.59 Å². The van der Waals surface area contributed by atoms with E-state index in [9.17, 15) is 14.4 Å². The van der Waals surface area contributed by atoms with Crippen LogP contribution in [0.5, 0.6) is 11.5 Å². The summed E-state index contributed by atoms with van der Waals surface area (Å²) in [6.45, 7) is -0.537. The lowest BCUT2D eigenvalue weighted by Gasteiger charge is -2.15. The van der Waals surface area contributed by atoms with Gasteiger partial charge in [0, 0.05) is 20.2 Å². The molecule has 2 rings (SSSR count). The van der Waals surface area contributed by atoms with Crippen molar-refractivity contribution < 1.29 is 23.9 Å². The van der Waals surface area contributed by atoms with E-state index in [2.05, 4.69) is 5.32 Å². The van der Waals surface area contributed by atoms with Gasteiger partial charge in [0.2, 0.25) is 5.91 Å². The number of para-hydroxylation sites is 1. The highest BCUT2D eigenvalue weighted by Crippen LogP contribution is 2.22. The Labute approximate surface area is 163 Å². The molecule has 0 aromatic heterocycles. The molecule has 0 saturated carbocycles. The zero-order valence-corrected chi connectivity index (χ0v) is 15.8. The van der Waals surface area contributed by atoms with Gasteiger partial charge < -0.3 is 19.7 Å². The summed E-state index contributed by atoms with van der Waals surface area (Å²) in [5.74, 6) is -0.0884. The van der Waals surface area contributed by atoms with E-state index >= 15 is 0 Å². The number of amides is 2. The maximum absolute atomic E-state index is 11.8. The van der Waals surface area contributed by atoms with Gasteiger partial charge in [-0.2, -0.15) is 0 Å². The summed E-state index contributed by atoms with van der Waals surface area (Å²) < 4.78 is 10.6. The van der Waals surface area contributed by atoms with Gasteiger partial charge in [-0.1, -0.05) is 30.3 Å². The predicted octanol–water partition coefficient (Wildman–Crippen LogP) is 2.24. The highest BCUT2D eigenvalue weighted by Gasteiger charge is 2.13. The van der Waals surface area contributed by atoms with E-state index in [1.54, 1.807) is 18.2 Å². The molecule has 0 fully saturated rings. The third kappa shape index (κ3) is 6.95. The molecule has 2 aromatic carbocycles. The maximum Gasteiger partial charge on any atom is 0.331 e. The van der Waals surface area contributed by atoms with Gasteiger partial charge in [0.25, 0.3) is 5.91 Å². The van der Waals surface area contributed by atoms with Crippen LogP contribution in [-0.2, 0) is 19.1 Å². The smallest absolute Gasteiger partial charge is 0.331 e. The normalized spacial score (nSPS) is 10.4. The van der Waals surface area contributed by atoms with E-state index in [0.29, 0.717) is 11.5 Å². The van der Waals surface area contributed by atoms with Crippen LogP contribution in [0, 0.1) is 0 Å². The van der Waals surface area contributed by atoms with Crippen LogP contribution in [0.25, 0.3) is 6.08 Å². The average Bonchev–Trinajstić information content (AvgIpc) is 2.71. The third-order valence-corrected chi connectivity index (χ3v) is 3.67. The fraction of sp³-hybridized carbons (Fsp3) is 0.190. The number of hydrogen-bond donors (Lipinski definition) is 1. The second-order valence-electron chi connectivity index (χ2n) is 5.85. The summed E-state index contributed by atoms with van der Waals surface area (Å²) in [4.78, 5) is 36.0. The van der Waals surface area contributed by atoms with Crippen molar-refractivity contribution in [2.75, 3.05) is 27.2 Å². The fourth-order valence-electron chi connectivity index (χ4n) is 2.14. The SMILES string of the molecule is CNC(=O)CN(C)C(=O)COC(=O)/C=C/c1cccc(Oc2ccccc2)c1. The van der Waals surface area contributed by atoms with Crippen molar-refractivity contribution in [2.24, 2.45) is 0 Å². The largest absolute Gasteiger partial charge is 0.457 e. The van der Waals surface area contributed by atoms with Gasteiger partial charge in [-0.25, -0.2) is 4.79 Å². The first-order valence-corrected chi connectivity index (χ1v) is 8.60. The van der Waals surface area contributed by atoms with Gasteiger partial charge >= 0.3 is 5.97 Å². The molecule has 0 aliphatic heterocycles. The Balaban J connectivity index is 1.86. The van der Waals surface area contributed by atoms with Crippen molar-refractivity contribution in [3.05, 3.63) is 66.2 Å². The molecule has 2 aromatic rings. The van der Waals surface area contributed by atoms with E-state index in [4.69, 9.17) is 9.47 Å². The minimum atomic E-state index is -0.656. The van der Waals surface area contributed by atoms with Crippen LogP contribution in [0.3, 0.4) is 0 Å². The lowest BCUT2D eigenvalue weighted by atomic mass is 10.2. The predicted molar refractivity (Wildman–Crippen MR) is 105 cm³/mol. The van der Waals surface area contributed by atoms with Crippen LogP contribution in [0.1, 0.15) is 5.56 Å². The monoisotopic (exact) mass is 382 g/mol. The number of benzene rings is 2. The van der Waals surface area contributed by atoms with E-state index < -0.39 is 18.5 Å². The Hall–Kier alpha value is -3.61. The number of rotatable bonds is 8. The molecule has 7 nitrogen and oxygen atoms in total. The second-order valence-corrected chi connectivity index (χ2v) is 5.85. The van der Waals surface area contributed by atoms with Crippen molar-refractivity contribution >= 4 is 23.9 Å². The summed E-state index contributed by atoms with van der Waals surface area (Å²) in [7, 11) is 2.94. The number of nitrogens with zero attached hydrogens (tertiary/aromatic N) is 1. The number of likely N-dealkylation sites (N-methyl/N-ethyl adjacent to an activating group) is 2. The third-order valence-electron chi connectivity index (χ3n) is 3.67. The van der Waals surface area contributed by atoms with Crippen LogP contribution < -0.4 is 10.1 Å². The lowest BCUT2D eigenvalue weighted by molar-refractivity contribution is -0.148. The highest BCUT2D eigenvalue weighted by atomic mass is 16.5. The zero-order chi connectivity index (χ0) is 20.4. The average molecular weight is 382 g/mol. The molecule has 0 radical (unpaired) electrons. The number of nitrogens with one attached hydrogen (secondary N) is 1. The first kappa shape index (κ1) is 20.7.